The van der Waals surface area contributed by atoms with Gasteiger partial charge in [0.2, 0.25) is 5.89 Å². The second-order valence-electron chi connectivity index (χ2n) is 3.92. The standard InChI is InChI=1S/C12H14N4O/c1-9-5-15-12(17-9)7-14-6-10-3-11(4-13)16(2)8-10/h3,5,8,14H,6-7H2,1-2H3. The first kappa shape index (κ1) is 11.4. The van der Waals surface area contributed by atoms with Crippen LogP contribution in [0.5, 0.6) is 0 Å². The van der Waals surface area contributed by atoms with Crippen molar-refractivity contribution in [3.63, 3.8) is 0 Å². The van der Waals surface area contributed by atoms with Gasteiger partial charge in [-0.1, -0.05) is 0 Å². The number of aryl methyl sites for hydroxylation is 2. The monoisotopic (exact) mass is 230 g/mol. The van der Waals surface area contributed by atoms with Crippen LogP contribution in [0.2, 0.25) is 0 Å². The van der Waals surface area contributed by atoms with Crippen molar-refractivity contribution in [2.24, 2.45) is 7.05 Å². The summed E-state index contributed by atoms with van der Waals surface area (Å²) in [6.07, 6.45) is 3.64. The summed E-state index contributed by atoms with van der Waals surface area (Å²) in [7, 11) is 1.86. The predicted molar refractivity (Wildman–Crippen MR) is 61.9 cm³/mol. The van der Waals surface area contributed by atoms with E-state index in [1.807, 2.05) is 30.8 Å². The van der Waals surface area contributed by atoms with E-state index in [1.165, 1.54) is 0 Å². The normalized spacial score (nSPS) is 10.4. The SMILES string of the molecule is Cc1cnc(CNCc2cc(C#N)n(C)c2)o1. The maximum atomic E-state index is 8.82. The van der Waals surface area contributed by atoms with Gasteiger partial charge in [0.05, 0.1) is 12.7 Å². The quantitative estimate of drug-likeness (QED) is 0.864. The Bertz CT molecular complexity index is 547. The summed E-state index contributed by atoms with van der Waals surface area (Å²) in [6, 6.07) is 4.00. The molecule has 0 spiro atoms. The lowest BCUT2D eigenvalue weighted by atomic mass is 10.3. The number of nitrogens with zero attached hydrogens (tertiary/aromatic N) is 3. The highest BCUT2D eigenvalue weighted by atomic mass is 16.4. The molecule has 5 heteroatoms. The molecule has 0 saturated carbocycles. The van der Waals surface area contributed by atoms with Crippen LogP contribution in [-0.2, 0) is 20.1 Å². The van der Waals surface area contributed by atoms with Gasteiger partial charge >= 0.3 is 0 Å². The van der Waals surface area contributed by atoms with E-state index >= 15 is 0 Å². The molecular weight excluding hydrogens is 216 g/mol. The fraction of sp³-hybridized carbons (Fsp3) is 0.333. The van der Waals surface area contributed by atoms with Crippen LogP contribution < -0.4 is 5.32 Å². The second-order valence-corrected chi connectivity index (χ2v) is 3.92. The Kier molecular flexibility index (Phi) is 3.26. The summed E-state index contributed by atoms with van der Waals surface area (Å²) >= 11 is 0. The molecule has 2 aromatic heterocycles. The van der Waals surface area contributed by atoms with Crippen molar-refractivity contribution in [1.82, 2.24) is 14.9 Å². The molecule has 0 amide bonds. The second kappa shape index (κ2) is 4.85. The molecule has 17 heavy (non-hydrogen) atoms. The van der Waals surface area contributed by atoms with Crippen molar-refractivity contribution >= 4 is 0 Å². The number of hydrogen-bond donors (Lipinski definition) is 1. The van der Waals surface area contributed by atoms with Crippen molar-refractivity contribution in [3.8, 4) is 6.07 Å². The molecule has 2 aromatic rings. The van der Waals surface area contributed by atoms with Gasteiger partial charge in [-0.05, 0) is 18.6 Å². The lowest BCUT2D eigenvalue weighted by Crippen LogP contribution is -2.12. The highest BCUT2D eigenvalue weighted by Crippen LogP contribution is 2.06. The van der Waals surface area contributed by atoms with Crippen LogP contribution in [0.1, 0.15) is 22.9 Å². The minimum absolute atomic E-state index is 0.588. The number of nitrogens with one attached hydrogen (secondary N) is 1. The zero-order valence-electron chi connectivity index (χ0n) is 9.90. The third-order valence-electron chi connectivity index (χ3n) is 2.45. The van der Waals surface area contributed by atoms with Crippen LogP contribution in [0, 0.1) is 18.3 Å². The molecule has 2 heterocycles. The minimum Gasteiger partial charge on any atom is -0.445 e. The van der Waals surface area contributed by atoms with Crippen molar-refractivity contribution in [1.29, 1.82) is 5.26 Å². The third kappa shape index (κ3) is 2.74. The topological polar surface area (TPSA) is 66.8 Å². The Balaban J connectivity index is 1.88. The van der Waals surface area contributed by atoms with E-state index in [-0.39, 0.29) is 0 Å². The number of aromatic nitrogens is 2. The first-order chi connectivity index (χ1) is 8.19. The van der Waals surface area contributed by atoms with Crippen molar-refractivity contribution in [2.75, 3.05) is 0 Å². The van der Waals surface area contributed by atoms with Crippen LogP contribution >= 0.6 is 0 Å². The van der Waals surface area contributed by atoms with Gasteiger partial charge in [-0.25, -0.2) is 4.98 Å². The Morgan fingerprint density at radius 1 is 1.53 bits per heavy atom. The van der Waals surface area contributed by atoms with Crippen molar-refractivity contribution in [3.05, 3.63) is 41.4 Å². The largest absolute Gasteiger partial charge is 0.445 e. The molecule has 0 unspecified atom stereocenters. The van der Waals surface area contributed by atoms with Gasteiger partial charge in [-0.15, -0.1) is 0 Å². The summed E-state index contributed by atoms with van der Waals surface area (Å²) in [6.45, 7) is 3.15. The average Bonchev–Trinajstić information content (AvgIpc) is 2.85. The van der Waals surface area contributed by atoms with Crippen LogP contribution in [0.3, 0.4) is 0 Å². The molecule has 5 nitrogen and oxygen atoms in total. The van der Waals surface area contributed by atoms with Crippen LogP contribution in [0.15, 0.2) is 22.9 Å². The fourth-order valence-corrected chi connectivity index (χ4v) is 1.64. The molecule has 2 rings (SSSR count). The maximum absolute atomic E-state index is 8.82. The van der Waals surface area contributed by atoms with Crippen molar-refractivity contribution in [2.45, 2.75) is 20.0 Å². The molecule has 0 aliphatic heterocycles. The van der Waals surface area contributed by atoms with E-state index in [4.69, 9.17) is 9.68 Å². The molecule has 0 aliphatic carbocycles. The lowest BCUT2D eigenvalue weighted by molar-refractivity contribution is 0.449. The molecule has 0 atom stereocenters. The van der Waals surface area contributed by atoms with Gasteiger partial charge in [0.15, 0.2) is 0 Å². The third-order valence-corrected chi connectivity index (χ3v) is 2.45. The van der Waals surface area contributed by atoms with E-state index in [9.17, 15) is 0 Å². The van der Waals surface area contributed by atoms with Gasteiger partial charge in [-0.2, -0.15) is 5.26 Å². The van der Waals surface area contributed by atoms with E-state index in [0.29, 0.717) is 24.7 Å². The Hall–Kier alpha value is -2.06. The van der Waals surface area contributed by atoms with Gasteiger partial charge in [0, 0.05) is 19.8 Å². The number of rotatable bonds is 4. The number of hydrogen-bond acceptors (Lipinski definition) is 4. The molecule has 0 bridgehead atoms. The number of nitriles is 1. The summed E-state index contributed by atoms with van der Waals surface area (Å²) in [5.74, 6) is 1.49. The zero-order chi connectivity index (χ0) is 12.3. The van der Waals surface area contributed by atoms with Crippen LogP contribution in [0.4, 0.5) is 0 Å². The van der Waals surface area contributed by atoms with E-state index < -0.39 is 0 Å². The molecule has 1 N–H and O–H groups in total. The summed E-state index contributed by atoms with van der Waals surface area (Å²) in [5, 5.41) is 12.0. The maximum Gasteiger partial charge on any atom is 0.208 e. The molecule has 0 fully saturated rings. The fourth-order valence-electron chi connectivity index (χ4n) is 1.64. The molecular formula is C12H14N4O. The van der Waals surface area contributed by atoms with E-state index in [1.54, 1.807) is 6.20 Å². The van der Waals surface area contributed by atoms with Gasteiger partial charge in [0.25, 0.3) is 0 Å². The highest BCUT2D eigenvalue weighted by molar-refractivity contribution is 5.28. The highest BCUT2D eigenvalue weighted by Gasteiger charge is 2.03. The Morgan fingerprint density at radius 2 is 2.35 bits per heavy atom. The molecule has 0 radical (unpaired) electrons. The van der Waals surface area contributed by atoms with Crippen molar-refractivity contribution < 1.29 is 4.42 Å². The smallest absolute Gasteiger partial charge is 0.208 e. The lowest BCUT2D eigenvalue weighted by Gasteiger charge is -1.98. The van der Waals surface area contributed by atoms with Gasteiger partial charge in [-0.3, -0.25) is 0 Å². The van der Waals surface area contributed by atoms with Gasteiger partial charge in [0.1, 0.15) is 17.5 Å². The molecule has 0 saturated heterocycles. The molecule has 0 aromatic carbocycles. The summed E-state index contributed by atoms with van der Waals surface area (Å²) < 4.78 is 7.15. The average molecular weight is 230 g/mol. The first-order valence-electron chi connectivity index (χ1n) is 5.36. The predicted octanol–water partition coefficient (Wildman–Crippen LogP) is 1.48. The zero-order valence-corrected chi connectivity index (χ0v) is 9.90. The Labute approximate surface area is 99.7 Å². The van der Waals surface area contributed by atoms with Crippen LogP contribution in [-0.4, -0.2) is 9.55 Å². The van der Waals surface area contributed by atoms with E-state index in [2.05, 4.69) is 16.4 Å². The summed E-state index contributed by atoms with van der Waals surface area (Å²) in [4.78, 5) is 4.10. The molecule has 0 aliphatic rings. The minimum atomic E-state index is 0.588. The molecule has 88 valence electrons. The summed E-state index contributed by atoms with van der Waals surface area (Å²) in [5.41, 5.74) is 1.74. The van der Waals surface area contributed by atoms with Gasteiger partial charge < -0.3 is 14.3 Å². The van der Waals surface area contributed by atoms with E-state index in [0.717, 1.165) is 11.3 Å². The Morgan fingerprint density at radius 3 is 2.94 bits per heavy atom. The number of oxazole rings is 1. The van der Waals surface area contributed by atoms with Crippen LogP contribution in [0.25, 0.3) is 0 Å². The first-order valence-corrected chi connectivity index (χ1v) is 5.36.